The topological polar surface area (TPSA) is 63.0 Å². The monoisotopic (exact) mass is 278 g/mol. The fourth-order valence-electron chi connectivity index (χ4n) is 2.04. The van der Waals surface area contributed by atoms with Crippen molar-refractivity contribution < 1.29 is 0 Å². The molecule has 1 unspecified atom stereocenters. The maximum absolute atomic E-state index is 5.97. The van der Waals surface area contributed by atoms with Gasteiger partial charge >= 0.3 is 0 Å². The molecule has 0 aliphatic carbocycles. The number of nitrogens with one attached hydrogen (secondary N) is 2. The third-order valence-electron chi connectivity index (χ3n) is 3.21. The largest absolute Gasteiger partial charge is 0.384 e. The number of aromatic nitrogens is 1. The lowest BCUT2D eigenvalue weighted by molar-refractivity contribution is 0.545. The molecule has 4 nitrogen and oxygen atoms in total. The Bertz CT molecular complexity index is 540. The van der Waals surface area contributed by atoms with Gasteiger partial charge in [-0.15, -0.1) is 0 Å². The summed E-state index contributed by atoms with van der Waals surface area (Å²) in [6.45, 7) is 1.51. The first-order chi connectivity index (χ1) is 9.24. The van der Waals surface area contributed by atoms with Gasteiger partial charge in [0.2, 0.25) is 0 Å². The third-order valence-corrected chi connectivity index (χ3v) is 3.44. The second kappa shape index (κ2) is 6.70. The Morgan fingerprint density at radius 3 is 2.95 bits per heavy atom. The fraction of sp³-hybridized carbons (Fsp3) is 0.357. The van der Waals surface area contributed by atoms with Crippen molar-refractivity contribution in [1.82, 2.24) is 10.3 Å². The Morgan fingerprint density at radius 2 is 2.21 bits per heavy atom. The molecule has 1 heterocycles. The van der Waals surface area contributed by atoms with Crippen LogP contribution in [0.15, 0.2) is 30.5 Å². The number of anilines is 1. The van der Waals surface area contributed by atoms with Crippen molar-refractivity contribution in [1.29, 1.82) is 0 Å². The van der Waals surface area contributed by atoms with Crippen LogP contribution in [0.3, 0.4) is 0 Å². The lowest BCUT2D eigenvalue weighted by atomic mass is 10.1. The lowest BCUT2D eigenvalue weighted by Crippen LogP contribution is -2.34. The SMILES string of the molecule is CNC(CN)CCNc1ccnc2cc(Cl)ccc12. The number of benzene rings is 1. The van der Waals surface area contributed by atoms with Gasteiger partial charge in [-0.05, 0) is 37.7 Å². The molecular formula is C14H19ClN4. The smallest absolute Gasteiger partial charge is 0.0737 e. The number of hydrogen-bond acceptors (Lipinski definition) is 4. The molecule has 0 spiro atoms. The Morgan fingerprint density at radius 1 is 1.37 bits per heavy atom. The van der Waals surface area contributed by atoms with Gasteiger partial charge in [-0.25, -0.2) is 0 Å². The second-order valence-electron chi connectivity index (χ2n) is 4.46. The summed E-state index contributed by atoms with van der Waals surface area (Å²) in [5.74, 6) is 0. The Hall–Kier alpha value is -1.36. The van der Waals surface area contributed by atoms with Crippen molar-refractivity contribution in [2.24, 2.45) is 5.73 Å². The molecule has 0 radical (unpaired) electrons. The number of fused-ring (bicyclic) bond motifs is 1. The van der Waals surface area contributed by atoms with Crippen molar-refractivity contribution >= 4 is 28.2 Å². The number of nitrogens with two attached hydrogens (primary N) is 1. The molecule has 0 saturated carbocycles. The zero-order chi connectivity index (χ0) is 13.7. The first-order valence-corrected chi connectivity index (χ1v) is 6.78. The molecule has 0 bridgehead atoms. The summed E-state index contributed by atoms with van der Waals surface area (Å²) in [7, 11) is 1.93. The van der Waals surface area contributed by atoms with Crippen LogP contribution >= 0.6 is 11.6 Å². The maximum Gasteiger partial charge on any atom is 0.0737 e. The van der Waals surface area contributed by atoms with Gasteiger partial charge < -0.3 is 16.4 Å². The van der Waals surface area contributed by atoms with Crippen LogP contribution < -0.4 is 16.4 Å². The molecule has 1 aromatic heterocycles. The van der Waals surface area contributed by atoms with Gasteiger partial charge in [-0.2, -0.15) is 0 Å². The van der Waals surface area contributed by atoms with Crippen molar-refractivity contribution in [3.63, 3.8) is 0 Å². The first-order valence-electron chi connectivity index (χ1n) is 6.40. The fourth-order valence-corrected chi connectivity index (χ4v) is 2.20. The highest BCUT2D eigenvalue weighted by Crippen LogP contribution is 2.24. The summed E-state index contributed by atoms with van der Waals surface area (Å²) in [5, 5.41) is 8.40. The summed E-state index contributed by atoms with van der Waals surface area (Å²) in [6, 6.07) is 8.07. The van der Waals surface area contributed by atoms with Crippen LogP contribution in [0.5, 0.6) is 0 Å². The van der Waals surface area contributed by atoms with E-state index < -0.39 is 0 Å². The first kappa shape index (κ1) is 14.1. The predicted octanol–water partition coefficient (Wildman–Crippen LogP) is 2.24. The van der Waals surface area contributed by atoms with E-state index in [-0.39, 0.29) is 0 Å². The summed E-state index contributed by atoms with van der Waals surface area (Å²) in [4.78, 5) is 4.32. The quantitative estimate of drug-likeness (QED) is 0.758. The highest BCUT2D eigenvalue weighted by molar-refractivity contribution is 6.31. The van der Waals surface area contributed by atoms with Gasteiger partial charge in [0.05, 0.1) is 5.52 Å². The molecule has 0 saturated heterocycles. The third kappa shape index (κ3) is 3.56. The number of hydrogen-bond donors (Lipinski definition) is 3. The van der Waals surface area contributed by atoms with E-state index in [1.54, 1.807) is 6.20 Å². The van der Waals surface area contributed by atoms with Gasteiger partial charge in [0, 0.05) is 41.4 Å². The zero-order valence-corrected chi connectivity index (χ0v) is 11.7. The Balaban J connectivity index is 2.08. The van der Waals surface area contributed by atoms with Crippen LogP contribution in [-0.4, -0.2) is 31.2 Å². The molecule has 0 aliphatic heterocycles. The Kier molecular flexibility index (Phi) is 4.96. The normalized spacial score (nSPS) is 12.6. The molecule has 0 aliphatic rings. The van der Waals surface area contributed by atoms with Crippen molar-refractivity contribution in [3.05, 3.63) is 35.5 Å². The van der Waals surface area contributed by atoms with Crippen LogP contribution in [0.25, 0.3) is 10.9 Å². The minimum Gasteiger partial charge on any atom is -0.384 e. The molecule has 0 fully saturated rings. The van der Waals surface area contributed by atoms with Crippen LogP contribution in [0.4, 0.5) is 5.69 Å². The van der Waals surface area contributed by atoms with Crippen molar-refractivity contribution in [3.8, 4) is 0 Å². The highest BCUT2D eigenvalue weighted by atomic mass is 35.5. The molecule has 1 atom stereocenters. The van der Waals surface area contributed by atoms with E-state index in [1.807, 2.05) is 31.3 Å². The lowest BCUT2D eigenvalue weighted by Gasteiger charge is -2.15. The van der Waals surface area contributed by atoms with Crippen molar-refractivity contribution in [2.45, 2.75) is 12.5 Å². The molecule has 0 amide bonds. The van der Waals surface area contributed by atoms with Gasteiger partial charge in [0.1, 0.15) is 0 Å². The average Bonchev–Trinajstić information content (AvgIpc) is 2.43. The number of halogens is 1. The summed E-state index contributed by atoms with van der Waals surface area (Å²) in [6.07, 6.45) is 2.77. The molecule has 1 aromatic carbocycles. The van der Waals surface area contributed by atoms with Crippen LogP contribution in [-0.2, 0) is 0 Å². The highest BCUT2D eigenvalue weighted by Gasteiger charge is 2.05. The van der Waals surface area contributed by atoms with E-state index in [9.17, 15) is 0 Å². The maximum atomic E-state index is 5.97. The molecule has 19 heavy (non-hydrogen) atoms. The minimum absolute atomic E-state index is 0.343. The Labute approximate surface area is 118 Å². The van der Waals surface area contributed by atoms with E-state index in [1.165, 1.54) is 0 Å². The molecular weight excluding hydrogens is 260 g/mol. The summed E-state index contributed by atoms with van der Waals surface area (Å²) in [5.41, 5.74) is 7.64. The van der Waals surface area contributed by atoms with E-state index in [4.69, 9.17) is 17.3 Å². The molecule has 5 heteroatoms. The zero-order valence-electron chi connectivity index (χ0n) is 11.0. The van der Waals surface area contributed by atoms with Crippen LogP contribution in [0.1, 0.15) is 6.42 Å². The average molecular weight is 279 g/mol. The number of likely N-dealkylation sites (N-methyl/N-ethyl adjacent to an activating group) is 1. The second-order valence-corrected chi connectivity index (χ2v) is 4.89. The van der Waals surface area contributed by atoms with Gasteiger partial charge in [-0.1, -0.05) is 11.6 Å². The van der Waals surface area contributed by atoms with E-state index >= 15 is 0 Å². The molecule has 2 rings (SSSR count). The van der Waals surface area contributed by atoms with E-state index in [0.29, 0.717) is 17.6 Å². The number of nitrogens with zero attached hydrogens (tertiary/aromatic N) is 1. The number of pyridine rings is 1. The summed E-state index contributed by atoms with van der Waals surface area (Å²) >= 11 is 5.97. The standard InChI is InChI=1S/C14H19ClN4/c1-17-11(9-16)4-6-18-13-5-7-19-14-8-10(15)2-3-12(13)14/h2-3,5,7-8,11,17H,4,6,9,16H2,1H3,(H,18,19). The van der Waals surface area contributed by atoms with Gasteiger partial charge in [0.15, 0.2) is 0 Å². The van der Waals surface area contributed by atoms with Crippen LogP contribution in [0, 0.1) is 0 Å². The summed E-state index contributed by atoms with van der Waals surface area (Å²) < 4.78 is 0. The van der Waals surface area contributed by atoms with Crippen LogP contribution in [0.2, 0.25) is 5.02 Å². The van der Waals surface area contributed by atoms with Gasteiger partial charge in [0.25, 0.3) is 0 Å². The minimum atomic E-state index is 0.343. The van der Waals surface area contributed by atoms with E-state index in [2.05, 4.69) is 15.6 Å². The van der Waals surface area contributed by atoms with Gasteiger partial charge in [-0.3, -0.25) is 4.98 Å². The molecule has 2 aromatic rings. The van der Waals surface area contributed by atoms with E-state index in [0.717, 1.165) is 29.6 Å². The van der Waals surface area contributed by atoms with Crippen molar-refractivity contribution in [2.75, 3.05) is 25.5 Å². The molecule has 102 valence electrons. The predicted molar refractivity (Wildman–Crippen MR) is 81.8 cm³/mol. The number of rotatable bonds is 6. The molecule has 4 N–H and O–H groups in total.